The Labute approximate surface area is 256 Å². The van der Waals surface area contributed by atoms with Crippen LogP contribution >= 0.6 is 11.3 Å². The first kappa shape index (κ1) is 30.5. The molecule has 1 fully saturated rings. The van der Waals surface area contributed by atoms with Crippen LogP contribution in [0.25, 0.3) is 22.3 Å². The van der Waals surface area contributed by atoms with E-state index in [9.17, 15) is 23.1 Å². The number of imidazole rings is 1. The largest absolute Gasteiger partial charge is 0.478 e. The maximum absolute atomic E-state index is 15.6. The van der Waals surface area contributed by atoms with Gasteiger partial charge >= 0.3 is 12.1 Å². The average Bonchev–Trinajstić information content (AvgIpc) is 3.69. The average molecular weight is 646 g/mol. The molecule has 0 radical (unpaired) electrons. The number of nitrogens with zero attached hydrogens (tertiary/aromatic N) is 5. The number of benzene rings is 2. The lowest BCUT2D eigenvalue weighted by atomic mass is 9.87. The summed E-state index contributed by atoms with van der Waals surface area (Å²) in [5.74, 6) is -2.21. The number of alkyl halides is 3. The first-order valence-corrected chi connectivity index (χ1v) is 14.4. The number of halogens is 5. The molecule has 5 aromatic rings. The lowest BCUT2D eigenvalue weighted by Gasteiger charge is -2.28. The lowest BCUT2D eigenvalue weighted by molar-refractivity contribution is -0.138. The molecule has 1 unspecified atom stereocenters. The number of hydrogen-bond donors (Lipinski definition) is 1. The third-order valence-corrected chi connectivity index (χ3v) is 8.45. The number of ether oxygens (including phenoxy) is 2. The minimum atomic E-state index is -4.63. The molecule has 4 heterocycles. The molecule has 9 nitrogen and oxygen atoms in total. The first-order valence-electron chi connectivity index (χ1n) is 13.6. The lowest BCUT2D eigenvalue weighted by Crippen LogP contribution is -2.27. The Hall–Kier alpha value is -4.50. The minimum Gasteiger partial charge on any atom is -0.478 e. The van der Waals surface area contributed by atoms with E-state index in [1.807, 2.05) is 18.4 Å². The number of carboxylic acids is 1. The normalized spacial score (nSPS) is 16.4. The summed E-state index contributed by atoms with van der Waals surface area (Å²) in [6.07, 6.45) is -4.72. The Morgan fingerprint density at radius 3 is 2.60 bits per heavy atom. The fourth-order valence-corrected chi connectivity index (χ4v) is 5.85. The maximum Gasteiger partial charge on any atom is 0.445 e. The fraction of sp³-hybridized carbons (Fsp3) is 0.300. The number of carbonyl (C=O) groups is 1. The van der Waals surface area contributed by atoms with Crippen LogP contribution in [0.15, 0.2) is 48.5 Å². The van der Waals surface area contributed by atoms with E-state index in [1.54, 1.807) is 6.07 Å². The van der Waals surface area contributed by atoms with Crippen molar-refractivity contribution in [1.29, 1.82) is 0 Å². The van der Waals surface area contributed by atoms with Crippen molar-refractivity contribution in [3.05, 3.63) is 87.1 Å². The summed E-state index contributed by atoms with van der Waals surface area (Å²) in [5.41, 5.74) is 0.706. The van der Waals surface area contributed by atoms with Crippen LogP contribution in [0.1, 0.15) is 51.7 Å². The van der Waals surface area contributed by atoms with Crippen molar-refractivity contribution < 1.29 is 41.3 Å². The molecule has 15 heteroatoms. The van der Waals surface area contributed by atoms with E-state index in [2.05, 4.69) is 20.2 Å². The maximum atomic E-state index is 15.6. The van der Waals surface area contributed by atoms with Crippen LogP contribution in [-0.4, -0.2) is 49.0 Å². The molecule has 234 valence electrons. The zero-order valence-corrected chi connectivity index (χ0v) is 24.5. The van der Waals surface area contributed by atoms with Gasteiger partial charge in [0.15, 0.2) is 5.01 Å². The van der Waals surface area contributed by atoms with E-state index >= 15 is 8.78 Å². The van der Waals surface area contributed by atoms with Gasteiger partial charge in [0.05, 0.1) is 41.5 Å². The van der Waals surface area contributed by atoms with Crippen LogP contribution in [0.5, 0.6) is 5.88 Å². The van der Waals surface area contributed by atoms with Gasteiger partial charge in [-0.1, -0.05) is 31.3 Å². The molecule has 45 heavy (non-hydrogen) atoms. The number of aromatic nitrogens is 5. The summed E-state index contributed by atoms with van der Waals surface area (Å²) in [7, 11) is 0. The van der Waals surface area contributed by atoms with Crippen molar-refractivity contribution in [3.63, 3.8) is 0 Å². The first-order chi connectivity index (χ1) is 21.3. The third-order valence-electron chi connectivity index (χ3n) is 7.51. The van der Waals surface area contributed by atoms with Crippen molar-refractivity contribution in [2.24, 2.45) is 5.41 Å². The van der Waals surface area contributed by atoms with Gasteiger partial charge in [0.25, 0.3) is 0 Å². The van der Waals surface area contributed by atoms with Crippen LogP contribution in [0.3, 0.4) is 0 Å². The van der Waals surface area contributed by atoms with Gasteiger partial charge in [-0.05, 0) is 42.0 Å². The van der Waals surface area contributed by atoms with E-state index in [0.717, 1.165) is 12.1 Å². The summed E-state index contributed by atoms with van der Waals surface area (Å²) in [6.45, 7) is 4.46. The molecule has 0 saturated carbocycles. The number of hydrogen-bond acceptors (Lipinski definition) is 8. The molecule has 0 bridgehead atoms. The Morgan fingerprint density at radius 2 is 1.91 bits per heavy atom. The van der Waals surface area contributed by atoms with Gasteiger partial charge in [0.1, 0.15) is 24.1 Å². The van der Waals surface area contributed by atoms with Gasteiger partial charge in [0, 0.05) is 23.5 Å². The smallest absolute Gasteiger partial charge is 0.445 e. The molecule has 0 spiro atoms. The van der Waals surface area contributed by atoms with Crippen molar-refractivity contribution in [2.75, 3.05) is 13.2 Å². The molecular weight excluding hydrogens is 621 g/mol. The SMILES string of the molecule is CC1(C)COCC1n1c(Cc2cc(F)c(-c3cccc(OCc4nnc(C(F)(F)F)s4)n3)cc2F)nc2ccc(C(=O)O)cc21. The highest BCUT2D eigenvalue weighted by atomic mass is 32.1. The number of rotatable bonds is 8. The number of carboxylic acid groups (broad SMARTS) is 1. The zero-order chi connectivity index (χ0) is 32.1. The van der Waals surface area contributed by atoms with E-state index < -0.39 is 28.8 Å². The minimum absolute atomic E-state index is 0.0205. The van der Waals surface area contributed by atoms with E-state index in [1.165, 1.54) is 30.3 Å². The number of fused-ring (bicyclic) bond motifs is 1. The Morgan fingerprint density at radius 1 is 1.11 bits per heavy atom. The van der Waals surface area contributed by atoms with E-state index in [0.29, 0.717) is 41.4 Å². The molecule has 1 atom stereocenters. The van der Waals surface area contributed by atoms with E-state index in [-0.39, 0.29) is 57.8 Å². The second-order valence-corrected chi connectivity index (χ2v) is 12.2. The quantitative estimate of drug-likeness (QED) is 0.185. The van der Waals surface area contributed by atoms with Crippen molar-refractivity contribution >= 4 is 28.3 Å². The Balaban J connectivity index is 1.29. The van der Waals surface area contributed by atoms with Crippen LogP contribution in [0.2, 0.25) is 0 Å². The van der Waals surface area contributed by atoms with Gasteiger partial charge in [-0.15, -0.1) is 10.2 Å². The van der Waals surface area contributed by atoms with Crippen molar-refractivity contribution in [2.45, 2.75) is 39.1 Å². The van der Waals surface area contributed by atoms with E-state index in [4.69, 9.17) is 9.47 Å². The second-order valence-electron chi connectivity index (χ2n) is 11.2. The number of pyridine rings is 1. The van der Waals surface area contributed by atoms with Crippen LogP contribution < -0.4 is 4.74 Å². The highest BCUT2D eigenvalue weighted by Crippen LogP contribution is 2.41. The predicted octanol–water partition coefficient (Wildman–Crippen LogP) is 6.71. The van der Waals surface area contributed by atoms with Gasteiger partial charge < -0.3 is 19.1 Å². The molecule has 1 aliphatic heterocycles. The zero-order valence-electron chi connectivity index (χ0n) is 23.7. The molecule has 1 N–H and O–H groups in total. The summed E-state index contributed by atoms with van der Waals surface area (Å²) in [5, 5.41) is 15.0. The van der Waals surface area contributed by atoms with Crippen LogP contribution in [-0.2, 0) is 23.9 Å². The van der Waals surface area contributed by atoms with Gasteiger partial charge in [-0.25, -0.2) is 23.5 Å². The fourth-order valence-electron chi connectivity index (χ4n) is 5.23. The van der Waals surface area contributed by atoms with Gasteiger partial charge in [0.2, 0.25) is 10.9 Å². The summed E-state index contributed by atoms with van der Waals surface area (Å²) in [4.78, 5) is 20.5. The van der Waals surface area contributed by atoms with Crippen LogP contribution in [0, 0.1) is 17.0 Å². The summed E-state index contributed by atoms with van der Waals surface area (Å²) in [6, 6.07) is 10.7. The monoisotopic (exact) mass is 645 g/mol. The van der Waals surface area contributed by atoms with Crippen molar-refractivity contribution in [3.8, 4) is 17.1 Å². The summed E-state index contributed by atoms with van der Waals surface area (Å²) >= 11 is 0.329. The standard InChI is InChI=1S/C30H24F5N5O4S/c1-29(2)14-43-12-23(29)40-22-9-15(27(41)42)6-7-21(22)36-24(40)10-16-8-19(32)17(11-18(16)31)20-4-3-5-25(37-20)44-13-26-38-39-28(45-26)30(33,34)35/h3-9,11,23H,10,12-14H2,1-2H3,(H,41,42). The molecule has 0 amide bonds. The molecule has 0 aliphatic carbocycles. The topological polar surface area (TPSA) is 112 Å². The summed E-state index contributed by atoms with van der Waals surface area (Å²) < 4.78 is 82.5. The van der Waals surface area contributed by atoms with Crippen molar-refractivity contribution in [1.82, 2.24) is 24.7 Å². The molecule has 1 saturated heterocycles. The Bertz CT molecular complexity index is 1920. The molecule has 6 rings (SSSR count). The molecule has 1 aliphatic rings. The van der Waals surface area contributed by atoms with Crippen LogP contribution in [0.4, 0.5) is 22.0 Å². The van der Waals surface area contributed by atoms with Gasteiger partial charge in [-0.3, -0.25) is 0 Å². The highest BCUT2D eigenvalue weighted by Gasteiger charge is 2.39. The third kappa shape index (κ3) is 6.09. The molecule has 2 aromatic carbocycles. The molecule has 3 aromatic heterocycles. The molecular formula is C30H24F5N5O4S. The van der Waals surface area contributed by atoms with Gasteiger partial charge in [-0.2, -0.15) is 13.2 Å². The predicted molar refractivity (Wildman–Crippen MR) is 152 cm³/mol. The second kappa shape index (κ2) is 11.5. The Kier molecular flexibility index (Phi) is 7.77. The highest BCUT2D eigenvalue weighted by molar-refractivity contribution is 7.11. The number of aromatic carboxylic acids is 1.